The van der Waals surface area contributed by atoms with Gasteiger partial charge in [0.05, 0.1) is 22.8 Å². The minimum Gasteiger partial charge on any atom is -0.444 e. The lowest BCUT2D eigenvalue weighted by Crippen LogP contribution is -2.41. The molecular formula is C30H26FN5O6S2. The first-order valence-corrected chi connectivity index (χ1v) is 16.0. The van der Waals surface area contributed by atoms with Gasteiger partial charge in [-0.1, -0.05) is 42.5 Å². The van der Waals surface area contributed by atoms with Crippen molar-refractivity contribution in [1.82, 2.24) is 15.6 Å². The molecule has 1 fully saturated rings. The minimum atomic E-state index is -4.33. The van der Waals surface area contributed by atoms with Crippen LogP contribution in [-0.4, -0.2) is 49.6 Å². The summed E-state index contributed by atoms with van der Waals surface area (Å²) in [7, 11) is -4.33. The van der Waals surface area contributed by atoms with Gasteiger partial charge in [0, 0.05) is 23.4 Å². The third kappa shape index (κ3) is 7.55. The number of halogens is 1. The van der Waals surface area contributed by atoms with Gasteiger partial charge in [0.25, 0.3) is 0 Å². The molecule has 1 aromatic heterocycles. The Hall–Kier alpha value is -4.87. The number of thiazole rings is 1. The molecule has 5 rings (SSSR count). The Kier molecular flexibility index (Phi) is 9.17. The molecule has 4 aromatic rings. The van der Waals surface area contributed by atoms with Gasteiger partial charge >= 0.3 is 6.09 Å². The summed E-state index contributed by atoms with van der Waals surface area (Å²) in [5, 5.41) is 14.7. The number of rotatable bonds is 11. The monoisotopic (exact) mass is 635 g/mol. The smallest absolute Gasteiger partial charge is 0.411 e. The molecule has 1 atom stereocenters. The number of hydrogen-bond acceptors (Lipinski definition) is 9. The highest BCUT2D eigenvalue weighted by Gasteiger charge is 2.37. The predicted molar refractivity (Wildman–Crippen MR) is 162 cm³/mol. The van der Waals surface area contributed by atoms with E-state index in [2.05, 4.69) is 20.9 Å². The summed E-state index contributed by atoms with van der Waals surface area (Å²) in [6, 6.07) is 19.8. The van der Waals surface area contributed by atoms with Gasteiger partial charge in [-0.2, -0.15) is 5.26 Å². The van der Waals surface area contributed by atoms with Crippen LogP contribution < -0.4 is 16.0 Å². The molecule has 1 aliphatic carbocycles. The van der Waals surface area contributed by atoms with E-state index in [1.54, 1.807) is 30.3 Å². The second kappa shape index (κ2) is 13.2. The number of benzene rings is 3. The van der Waals surface area contributed by atoms with Crippen molar-refractivity contribution in [2.24, 2.45) is 0 Å². The molecular weight excluding hydrogens is 609 g/mol. The van der Waals surface area contributed by atoms with Gasteiger partial charge in [-0.25, -0.2) is 22.6 Å². The van der Waals surface area contributed by atoms with Crippen LogP contribution in [0.15, 0.2) is 66.7 Å². The van der Waals surface area contributed by atoms with Crippen LogP contribution in [0.2, 0.25) is 0 Å². The number of nitrogens with one attached hydrogen (secondary N) is 3. The fourth-order valence-electron chi connectivity index (χ4n) is 4.28. The van der Waals surface area contributed by atoms with Gasteiger partial charge in [0.2, 0.25) is 11.8 Å². The normalized spacial score (nSPS) is 13.5. The Labute approximate surface area is 256 Å². The van der Waals surface area contributed by atoms with Crippen LogP contribution in [0.4, 0.5) is 14.9 Å². The molecule has 0 spiro atoms. The fraction of sp³-hybridized carbons (Fsp3) is 0.233. The Morgan fingerprint density at radius 3 is 2.50 bits per heavy atom. The van der Waals surface area contributed by atoms with E-state index in [0.717, 1.165) is 35.8 Å². The third-order valence-electron chi connectivity index (χ3n) is 6.60. The van der Waals surface area contributed by atoms with Gasteiger partial charge < -0.3 is 15.4 Å². The molecule has 226 valence electrons. The molecule has 0 aliphatic heterocycles. The standard InChI is InChI=1S/C30H26FN5O6S2/c31-23-15-24-25(14-22(23)19-6-8-21(9-7-19)35-30(39)42-17-18-4-2-1-3-5-18)43-29(36-24)27(44(40,41)13-12-32)28(38)33-16-26(37)34-20-10-11-20/h1-9,14-15,20,27H,10-11,13,16-17H2,(H,33,38)(H,34,37)(H,35,39). The third-order valence-corrected chi connectivity index (χ3v) is 9.52. The van der Waals surface area contributed by atoms with E-state index in [0.29, 0.717) is 16.0 Å². The second-order valence-electron chi connectivity index (χ2n) is 10.0. The number of anilines is 1. The number of nitriles is 1. The molecule has 1 heterocycles. The highest BCUT2D eigenvalue weighted by Crippen LogP contribution is 2.35. The number of nitrogens with zero attached hydrogens (tertiary/aromatic N) is 2. The van der Waals surface area contributed by atoms with Crippen molar-refractivity contribution < 1.29 is 31.9 Å². The summed E-state index contributed by atoms with van der Waals surface area (Å²) in [5.74, 6) is -3.06. The Morgan fingerprint density at radius 1 is 1.09 bits per heavy atom. The van der Waals surface area contributed by atoms with Crippen molar-refractivity contribution in [3.8, 4) is 17.2 Å². The van der Waals surface area contributed by atoms with Crippen LogP contribution in [0.5, 0.6) is 0 Å². The van der Waals surface area contributed by atoms with Crippen LogP contribution >= 0.6 is 11.3 Å². The molecule has 3 N–H and O–H groups in total. The van der Waals surface area contributed by atoms with E-state index in [4.69, 9.17) is 10.00 Å². The molecule has 0 radical (unpaired) electrons. The fourth-order valence-corrected chi connectivity index (χ4v) is 6.95. The van der Waals surface area contributed by atoms with Crippen LogP contribution in [-0.2, 0) is 30.8 Å². The van der Waals surface area contributed by atoms with E-state index in [9.17, 15) is 22.8 Å². The SMILES string of the molecule is N#CCS(=O)(=O)C(C(=O)NCC(=O)NC1CC1)c1nc2cc(F)c(-c3ccc(NC(=O)OCc4ccccc4)cc3)cc2s1. The van der Waals surface area contributed by atoms with Crippen molar-refractivity contribution >= 4 is 55.0 Å². The van der Waals surface area contributed by atoms with E-state index in [1.807, 2.05) is 30.3 Å². The Bertz CT molecular complexity index is 1850. The molecule has 14 heteroatoms. The quantitative estimate of drug-likeness (QED) is 0.220. The summed E-state index contributed by atoms with van der Waals surface area (Å²) in [6.07, 6.45) is 1.03. The van der Waals surface area contributed by atoms with E-state index in [-0.39, 0.29) is 28.7 Å². The first-order chi connectivity index (χ1) is 21.1. The average molecular weight is 636 g/mol. The molecule has 44 heavy (non-hydrogen) atoms. The van der Waals surface area contributed by atoms with Crippen LogP contribution in [0, 0.1) is 17.1 Å². The molecule has 1 saturated carbocycles. The number of aromatic nitrogens is 1. The maximum Gasteiger partial charge on any atom is 0.411 e. The minimum absolute atomic E-state index is 0.0553. The van der Waals surface area contributed by atoms with Gasteiger partial charge in [-0.05, 0) is 42.2 Å². The highest BCUT2D eigenvalue weighted by atomic mass is 32.2. The number of carbonyl (C=O) groups is 3. The summed E-state index contributed by atoms with van der Waals surface area (Å²) >= 11 is 0.873. The molecule has 3 aromatic carbocycles. The maximum atomic E-state index is 15.2. The van der Waals surface area contributed by atoms with Crippen molar-refractivity contribution in [2.45, 2.75) is 30.7 Å². The lowest BCUT2D eigenvalue weighted by Gasteiger charge is -2.13. The average Bonchev–Trinajstić information content (AvgIpc) is 3.72. The van der Waals surface area contributed by atoms with Crippen molar-refractivity contribution in [1.29, 1.82) is 5.26 Å². The topological polar surface area (TPSA) is 167 Å². The van der Waals surface area contributed by atoms with Gasteiger partial charge in [0.1, 0.15) is 23.2 Å². The molecule has 0 bridgehead atoms. The molecule has 3 amide bonds. The lowest BCUT2D eigenvalue weighted by atomic mass is 10.0. The van der Waals surface area contributed by atoms with Crippen molar-refractivity contribution in [2.75, 3.05) is 17.6 Å². The summed E-state index contributed by atoms with van der Waals surface area (Å²) < 4.78 is 46.7. The summed E-state index contributed by atoms with van der Waals surface area (Å²) in [5.41, 5.74) is 2.04. The van der Waals surface area contributed by atoms with Gasteiger partial charge in [0.15, 0.2) is 15.1 Å². The van der Waals surface area contributed by atoms with Crippen LogP contribution in [0.1, 0.15) is 28.7 Å². The first-order valence-electron chi connectivity index (χ1n) is 13.5. The van der Waals surface area contributed by atoms with Crippen molar-refractivity contribution in [3.05, 3.63) is 83.1 Å². The molecule has 1 aliphatic rings. The van der Waals surface area contributed by atoms with E-state index < -0.39 is 51.1 Å². The number of carbonyl (C=O) groups excluding carboxylic acids is 3. The summed E-state index contributed by atoms with van der Waals surface area (Å²) in [6.45, 7) is -0.337. The molecule has 0 saturated heterocycles. The van der Waals surface area contributed by atoms with Crippen LogP contribution in [0.3, 0.4) is 0 Å². The zero-order valence-corrected chi connectivity index (χ0v) is 24.7. The highest BCUT2D eigenvalue weighted by molar-refractivity contribution is 7.92. The zero-order chi connectivity index (χ0) is 31.3. The molecule has 1 unspecified atom stereocenters. The van der Waals surface area contributed by atoms with Crippen LogP contribution in [0.25, 0.3) is 21.3 Å². The number of sulfone groups is 1. The zero-order valence-electron chi connectivity index (χ0n) is 23.1. The number of amides is 3. The largest absolute Gasteiger partial charge is 0.444 e. The maximum absolute atomic E-state index is 15.2. The predicted octanol–water partition coefficient (Wildman–Crippen LogP) is 4.23. The molecule has 11 nitrogen and oxygen atoms in total. The number of ether oxygens (including phenoxy) is 1. The van der Waals surface area contributed by atoms with Crippen molar-refractivity contribution in [3.63, 3.8) is 0 Å². The second-order valence-corrected chi connectivity index (χ2v) is 13.2. The first kappa shape index (κ1) is 30.6. The number of fused-ring (bicyclic) bond motifs is 1. The number of hydrogen-bond donors (Lipinski definition) is 3. The summed E-state index contributed by atoms with van der Waals surface area (Å²) in [4.78, 5) is 41.4. The van der Waals surface area contributed by atoms with E-state index in [1.165, 1.54) is 6.07 Å². The van der Waals surface area contributed by atoms with Gasteiger partial charge in [-0.15, -0.1) is 11.3 Å². The van der Waals surface area contributed by atoms with Gasteiger partial charge in [-0.3, -0.25) is 14.9 Å². The Balaban J connectivity index is 1.32. The lowest BCUT2D eigenvalue weighted by molar-refractivity contribution is -0.126. The van der Waals surface area contributed by atoms with E-state index >= 15 is 4.39 Å². The Morgan fingerprint density at radius 2 is 1.82 bits per heavy atom.